The van der Waals surface area contributed by atoms with Crippen LogP contribution in [0.25, 0.3) is 0 Å². The second-order valence-corrected chi connectivity index (χ2v) is 7.95. The predicted molar refractivity (Wildman–Crippen MR) is 122 cm³/mol. The molecular weight excluding hydrogens is 405 g/mol. The molecule has 1 saturated heterocycles. The Morgan fingerprint density at radius 1 is 1.06 bits per heavy atom. The lowest BCUT2D eigenvalue weighted by atomic mass is 10.1. The van der Waals surface area contributed by atoms with Gasteiger partial charge < -0.3 is 4.74 Å². The smallest absolute Gasteiger partial charge is 0.243 e. The lowest BCUT2D eigenvalue weighted by Gasteiger charge is -2.21. The monoisotopic (exact) mass is 431 g/mol. The molecule has 0 spiro atoms. The first-order chi connectivity index (χ1) is 15.6. The van der Waals surface area contributed by atoms with Crippen molar-refractivity contribution in [3.8, 4) is 0 Å². The molecule has 1 amide bonds. The standard InChI is InChI=1S/C26H26FN3O2/c1-19-6-5-9-24(28-19)25(16-20-10-12-22(27)13-11-20)29-30-23(14-15-26(30)31)18-32-17-21-7-3-2-4-8-21/h2-13,23H,14-18H2,1H3/b29-25+/t23-/m1/s1. The first-order valence-electron chi connectivity index (χ1n) is 10.8. The molecule has 3 aromatic rings. The Hall–Kier alpha value is -3.38. The lowest BCUT2D eigenvalue weighted by molar-refractivity contribution is -0.129. The van der Waals surface area contributed by atoms with E-state index in [0.717, 1.165) is 16.8 Å². The maximum Gasteiger partial charge on any atom is 0.243 e. The summed E-state index contributed by atoms with van der Waals surface area (Å²) in [5, 5.41) is 6.31. The molecule has 1 aliphatic rings. The highest BCUT2D eigenvalue weighted by Gasteiger charge is 2.32. The molecule has 1 aromatic heterocycles. The number of pyridine rings is 1. The summed E-state index contributed by atoms with van der Waals surface area (Å²) in [6, 6.07) is 21.9. The number of hydrogen-bond donors (Lipinski definition) is 0. The Bertz CT molecular complexity index is 1080. The van der Waals surface area contributed by atoms with Gasteiger partial charge in [0.1, 0.15) is 5.82 Å². The van der Waals surface area contributed by atoms with E-state index in [4.69, 9.17) is 9.84 Å². The van der Waals surface area contributed by atoms with Crippen LogP contribution in [0.3, 0.4) is 0 Å². The van der Waals surface area contributed by atoms with Gasteiger partial charge in [0.05, 0.1) is 30.7 Å². The number of rotatable bonds is 8. The van der Waals surface area contributed by atoms with Crippen molar-refractivity contribution >= 4 is 11.6 Å². The average molecular weight is 432 g/mol. The zero-order valence-corrected chi connectivity index (χ0v) is 18.1. The van der Waals surface area contributed by atoms with Crippen LogP contribution in [0.15, 0.2) is 77.9 Å². The normalized spacial score (nSPS) is 16.6. The van der Waals surface area contributed by atoms with Gasteiger partial charge in [0.25, 0.3) is 0 Å². The van der Waals surface area contributed by atoms with Gasteiger partial charge in [0.15, 0.2) is 0 Å². The Balaban J connectivity index is 1.55. The average Bonchev–Trinajstić information content (AvgIpc) is 3.15. The molecule has 2 aromatic carbocycles. The van der Waals surface area contributed by atoms with Gasteiger partial charge in [-0.1, -0.05) is 48.5 Å². The van der Waals surface area contributed by atoms with Gasteiger partial charge in [-0.25, -0.2) is 9.40 Å². The summed E-state index contributed by atoms with van der Waals surface area (Å²) in [6.45, 7) is 2.82. The van der Waals surface area contributed by atoms with Crippen LogP contribution in [-0.2, 0) is 22.6 Å². The van der Waals surface area contributed by atoms with Crippen molar-refractivity contribution in [3.05, 3.63) is 101 Å². The van der Waals surface area contributed by atoms with E-state index in [1.807, 2.05) is 55.5 Å². The summed E-state index contributed by atoms with van der Waals surface area (Å²) in [6.07, 6.45) is 1.58. The lowest BCUT2D eigenvalue weighted by Crippen LogP contribution is -2.33. The van der Waals surface area contributed by atoms with E-state index in [0.29, 0.717) is 43.9 Å². The number of amides is 1. The SMILES string of the molecule is Cc1cccc(/C(Cc2ccc(F)cc2)=N/N2C(=O)CC[C@@H]2COCc2ccccc2)n1. The molecule has 0 radical (unpaired) electrons. The minimum atomic E-state index is -0.286. The molecule has 0 unspecified atom stereocenters. The first kappa shape index (κ1) is 21.8. The molecule has 0 aliphatic carbocycles. The van der Waals surface area contributed by atoms with Crippen LogP contribution in [0.5, 0.6) is 0 Å². The van der Waals surface area contributed by atoms with Gasteiger partial charge in [0, 0.05) is 18.5 Å². The third kappa shape index (κ3) is 5.65. The van der Waals surface area contributed by atoms with Crippen molar-refractivity contribution in [2.45, 2.75) is 38.8 Å². The summed E-state index contributed by atoms with van der Waals surface area (Å²) in [7, 11) is 0. The van der Waals surface area contributed by atoms with Crippen LogP contribution in [0, 0.1) is 12.7 Å². The van der Waals surface area contributed by atoms with Crippen molar-refractivity contribution in [3.63, 3.8) is 0 Å². The number of hydrogen-bond acceptors (Lipinski definition) is 4. The van der Waals surface area contributed by atoms with Crippen LogP contribution in [0.2, 0.25) is 0 Å². The van der Waals surface area contributed by atoms with Crippen LogP contribution in [0.4, 0.5) is 4.39 Å². The summed E-state index contributed by atoms with van der Waals surface area (Å²) >= 11 is 0. The molecule has 164 valence electrons. The molecule has 5 nitrogen and oxygen atoms in total. The van der Waals surface area contributed by atoms with Crippen molar-refractivity contribution in [2.24, 2.45) is 5.10 Å². The molecule has 32 heavy (non-hydrogen) atoms. The third-order valence-electron chi connectivity index (χ3n) is 5.41. The predicted octanol–water partition coefficient (Wildman–Crippen LogP) is 4.68. The fraction of sp³-hybridized carbons (Fsp3) is 0.269. The second kappa shape index (κ2) is 10.3. The molecule has 2 heterocycles. The summed E-state index contributed by atoms with van der Waals surface area (Å²) in [5.41, 5.74) is 4.23. The number of carbonyl (C=O) groups is 1. The molecule has 1 atom stereocenters. The number of benzene rings is 2. The maximum atomic E-state index is 13.4. The Morgan fingerprint density at radius 3 is 2.59 bits per heavy atom. The summed E-state index contributed by atoms with van der Waals surface area (Å²) < 4.78 is 19.3. The fourth-order valence-corrected chi connectivity index (χ4v) is 3.72. The number of halogens is 1. The largest absolute Gasteiger partial charge is 0.375 e. The van der Waals surface area contributed by atoms with Gasteiger partial charge in [-0.15, -0.1) is 0 Å². The minimum Gasteiger partial charge on any atom is -0.375 e. The third-order valence-corrected chi connectivity index (χ3v) is 5.41. The zero-order chi connectivity index (χ0) is 22.3. The molecular formula is C26H26FN3O2. The van der Waals surface area contributed by atoms with E-state index in [1.165, 1.54) is 12.1 Å². The highest BCUT2D eigenvalue weighted by Crippen LogP contribution is 2.22. The van der Waals surface area contributed by atoms with Crippen molar-refractivity contribution in [2.75, 3.05) is 6.61 Å². The fourth-order valence-electron chi connectivity index (χ4n) is 3.72. The highest BCUT2D eigenvalue weighted by molar-refractivity contribution is 6.01. The molecule has 0 N–H and O–H groups in total. The van der Waals surface area contributed by atoms with Crippen LogP contribution in [-0.4, -0.2) is 34.3 Å². The highest BCUT2D eigenvalue weighted by atomic mass is 19.1. The Morgan fingerprint density at radius 2 is 1.84 bits per heavy atom. The van der Waals surface area contributed by atoms with Gasteiger partial charge in [-0.2, -0.15) is 5.10 Å². The molecule has 0 saturated carbocycles. The summed E-state index contributed by atoms with van der Waals surface area (Å²) in [5.74, 6) is -0.311. The number of aromatic nitrogens is 1. The number of nitrogens with zero attached hydrogens (tertiary/aromatic N) is 3. The van der Waals surface area contributed by atoms with Gasteiger partial charge in [-0.3, -0.25) is 9.78 Å². The zero-order valence-electron chi connectivity index (χ0n) is 18.1. The van der Waals surface area contributed by atoms with E-state index in [-0.39, 0.29) is 17.8 Å². The quantitative estimate of drug-likeness (QED) is 0.487. The van der Waals surface area contributed by atoms with Gasteiger partial charge >= 0.3 is 0 Å². The van der Waals surface area contributed by atoms with E-state index < -0.39 is 0 Å². The van der Waals surface area contributed by atoms with E-state index >= 15 is 0 Å². The van der Waals surface area contributed by atoms with Gasteiger partial charge in [-0.05, 0) is 48.7 Å². The number of hydrazone groups is 1. The first-order valence-corrected chi connectivity index (χ1v) is 10.8. The summed E-state index contributed by atoms with van der Waals surface area (Å²) in [4.78, 5) is 17.2. The van der Waals surface area contributed by atoms with Crippen LogP contribution in [0.1, 0.15) is 35.4 Å². The molecule has 1 aliphatic heterocycles. The van der Waals surface area contributed by atoms with Crippen molar-refractivity contribution in [1.29, 1.82) is 0 Å². The molecule has 1 fully saturated rings. The molecule has 4 rings (SSSR count). The number of aryl methyl sites for hydroxylation is 1. The minimum absolute atomic E-state index is 0.0254. The maximum absolute atomic E-state index is 13.4. The van der Waals surface area contributed by atoms with Crippen molar-refractivity contribution < 1.29 is 13.9 Å². The molecule has 6 heteroatoms. The van der Waals surface area contributed by atoms with Crippen molar-refractivity contribution in [1.82, 2.24) is 9.99 Å². The Labute approximate surface area is 187 Å². The van der Waals surface area contributed by atoms with Gasteiger partial charge in [0.2, 0.25) is 5.91 Å². The van der Waals surface area contributed by atoms with E-state index in [1.54, 1.807) is 17.1 Å². The number of carbonyl (C=O) groups excluding carboxylic acids is 1. The number of ether oxygens (including phenoxy) is 1. The second-order valence-electron chi connectivity index (χ2n) is 7.95. The topological polar surface area (TPSA) is 54.8 Å². The molecule has 0 bridgehead atoms. The van der Waals surface area contributed by atoms with E-state index in [9.17, 15) is 9.18 Å². The van der Waals surface area contributed by atoms with Crippen LogP contribution < -0.4 is 0 Å². The van der Waals surface area contributed by atoms with Crippen LogP contribution >= 0.6 is 0 Å². The Kier molecular flexibility index (Phi) is 7.02. The van der Waals surface area contributed by atoms with E-state index in [2.05, 4.69) is 4.98 Å².